The topological polar surface area (TPSA) is 208 Å². The molecule has 176 valence electrons. The molecule has 2 heterocycles. The van der Waals surface area contributed by atoms with E-state index in [1.807, 2.05) is 0 Å². The summed E-state index contributed by atoms with van der Waals surface area (Å²) in [7, 11) is -9.80. The minimum atomic E-state index is -4.90. The number of fused-ring (bicyclic) bond motifs is 2. The minimum Gasteiger partial charge on any atom is -0.303 e. The van der Waals surface area contributed by atoms with Crippen LogP contribution in [-0.2, 0) is 37.4 Å². The van der Waals surface area contributed by atoms with E-state index in [1.165, 1.54) is 0 Å². The van der Waals surface area contributed by atoms with Crippen molar-refractivity contribution >= 4 is 39.3 Å². The summed E-state index contributed by atoms with van der Waals surface area (Å²) < 4.78 is 30.7. The van der Waals surface area contributed by atoms with Crippen LogP contribution >= 0.6 is 15.6 Å². The van der Waals surface area contributed by atoms with Gasteiger partial charge in [-0.3, -0.25) is 38.0 Å². The SMILES string of the molecule is O=C1C2C3CCC(C2C(=O)N1COP(=O)(O)O)C1C2C(=O)N(COP(=O)(O)O)C(=O)C2C31. The number of hydrogen-bond acceptors (Lipinski definition) is 8. The van der Waals surface area contributed by atoms with Gasteiger partial charge in [0.15, 0.2) is 0 Å². The number of carbonyl (C=O) groups excluding carboxylic acids is 4. The lowest BCUT2D eigenvalue weighted by molar-refractivity contribution is -0.190. The molecule has 8 atom stereocenters. The Kier molecular flexibility index (Phi) is 4.88. The maximum Gasteiger partial charge on any atom is 0.471 e. The third-order valence-corrected chi connectivity index (χ3v) is 8.61. The van der Waals surface area contributed by atoms with Gasteiger partial charge in [-0.15, -0.1) is 0 Å². The molecule has 6 fully saturated rings. The molecule has 14 nitrogen and oxygen atoms in total. The molecule has 32 heavy (non-hydrogen) atoms. The van der Waals surface area contributed by atoms with Gasteiger partial charge in [0.05, 0.1) is 23.7 Å². The van der Waals surface area contributed by atoms with E-state index in [2.05, 4.69) is 9.05 Å². The molecule has 8 unspecified atom stereocenters. The molecule has 4 saturated carbocycles. The predicted molar refractivity (Wildman–Crippen MR) is 96.9 cm³/mol. The molecule has 2 saturated heterocycles. The summed E-state index contributed by atoms with van der Waals surface area (Å²) in [5, 5.41) is 0. The van der Waals surface area contributed by atoms with E-state index in [0.29, 0.717) is 22.6 Å². The highest BCUT2D eigenvalue weighted by atomic mass is 31.2. The third-order valence-electron chi connectivity index (χ3n) is 7.71. The van der Waals surface area contributed by atoms with Crippen LogP contribution in [0.4, 0.5) is 0 Å². The Balaban J connectivity index is 1.40. The van der Waals surface area contributed by atoms with Crippen molar-refractivity contribution in [3.63, 3.8) is 0 Å². The smallest absolute Gasteiger partial charge is 0.303 e. The van der Waals surface area contributed by atoms with Crippen LogP contribution in [0.25, 0.3) is 0 Å². The lowest BCUT2D eigenvalue weighted by Crippen LogP contribution is -2.65. The molecule has 4 amide bonds. The third kappa shape index (κ3) is 3.09. The second-order valence-electron chi connectivity index (χ2n) is 8.87. The van der Waals surface area contributed by atoms with E-state index < -0.39 is 76.4 Å². The van der Waals surface area contributed by atoms with Gasteiger partial charge >= 0.3 is 15.6 Å². The lowest BCUT2D eigenvalue weighted by atomic mass is 9.38. The summed E-state index contributed by atoms with van der Waals surface area (Å²) in [5.74, 6) is -6.86. The Hall–Kier alpha value is -1.50. The van der Waals surface area contributed by atoms with E-state index in [0.717, 1.165) is 0 Å². The van der Waals surface area contributed by atoms with Gasteiger partial charge in [0.1, 0.15) is 13.5 Å². The van der Waals surface area contributed by atoms with Crippen molar-refractivity contribution < 1.29 is 56.9 Å². The van der Waals surface area contributed by atoms with E-state index in [1.54, 1.807) is 0 Å². The fourth-order valence-corrected chi connectivity index (χ4v) is 7.36. The lowest BCUT2D eigenvalue weighted by Gasteiger charge is -2.62. The molecule has 0 aromatic carbocycles. The fraction of sp³-hybridized carbons (Fsp3) is 0.750. The summed E-state index contributed by atoms with van der Waals surface area (Å²) in [5.41, 5.74) is 0. The Labute approximate surface area is 180 Å². The van der Waals surface area contributed by atoms with Crippen LogP contribution in [0.5, 0.6) is 0 Å². The summed E-state index contributed by atoms with van der Waals surface area (Å²) in [6.07, 6.45) is 1.12. The molecule has 16 heteroatoms. The minimum absolute atomic E-state index is 0.337. The van der Waals surface area contributed by atoms with Crippen molar-refractivity contribution in [2.45, 2.75) is 12.8 Å². The largest absolute Gasteiger partial charge is 0.471 e. The number of phosphoric ester groups is 2. The molecule has 0 aromatic heterocycles. The van der Waals surface area contributed by atoms with Crippen molar-refractivity contribution in [1.29, 1.82) is 0 Å². The molecular formula is C16H20N2O12P2. The highest BCUT2D eigenvalue weighted by molar-refractivity contribution is 7.46. The number of imide groups is 2. The van der Waals surface area contributed by atoms with Crippen LogP contribution in [-0.4, -0.2) is 66.5 Å². The first-order valence-corrected chi connectivity index (χ1v) is 13.0. The monoisotopic (exact) mass is 494 g/mol. The second-order valence-corrected chi connectivity index (χ2v) is 11.3. The maximum atomic E-state index is 13.0. The quantitative estimate of drug-likeness (QED) is 0.249. The van der Waals surface area contributed by atoms with E-state index in [-0.39, 0.29) is 23.7 Å². The predicted octanol–water partition coefficient (Wildman–Crippen LogP) is -1.39. The van der Waals surface area contributed by atoms with Gasteiger partial charge < -0.3 is 19.6 Å². The maximum absolute atomic E-state index is 13.0. The van der Waals surface area contributed by atoms with Gasteiger partial charge in [-0.05, 0) is 36.5 Å². The van der Waals surface area contributed by atoms with Crippen LogP contribution in [0.15, 0.2) is 0 Å². The van der Waals surface area contributed by atoms with Gasteiger partial charge in [-0.1, -0.05) is 0 Å². The van der Waals surface area contributed by atoms with Gasteiger partial charge in [0.2, 0.25) is 23.6 Å². The summed E-state index contributed by atoms with van der Waals surface area (Å²) in [6.45, 7) is -1.75. The second kappa shape index (κ2) is 7.00. The molecule has 0 aromatic rings. The summed E-state index contributed by atoms with van der Waals surface area (Å²) in [4.78, 5) is 88.6. The molecule has 6 rings (SSSR count). The number of nitrogens with zero attached hydrogens (tertiary/aromatic N) is 2. The highest BCUT2D eigenvalue weighted by Crippen LogP contribution is 2.70. The molecule has 0 spiro atoms. The molecular weight excluding hydrogens is 474 g/mol. The number of phosphoric acid groups is 2. The van der Waals surface area contributed by atoms with Gasteiger partial charge in [0.25, 0.3) is 0 Å². The van der Waals surface area contributed by atoms with E-state index in [4.69, 9.17) is 19.6 Å². The van der Waals surface area contributed by atoms with Crippen molar-refractivity contribution in [3.05, 3.63) is 0 Å². The van der Waals surface area contributed by atoms with Gasteiger partial charge in [-0.2, -0.15) is 0 Å². The number of likely N-dealkylation sites (tertiary alicyclic amines) is 2. The summed E-state index contributed by atoms with van der Waals surface area (Å²) in [6, 6.07) is 0. The van der Waals surface area contributed by atoms with Crippen molar-refractivity contribution in [3.8, 4) is 0 Å². The molecule has 4 aliphatic carbocycles. The van der Waals surface area contributed by atoms with Gasteiger partial charge in [-0.25, -0.2) is 9.13 Å². The zero-order chi connectivity index (χ0) is 23.3. The number of hydrogen-bond donors (Lipinski definition) is 4. The Morgan fingerprint density at radius 3 is 1.28 bits per heavy atom. The standard InChI is InChI=1S/C16H20N2O12P2/c19-13-9-5-1-2-6(10(9)14(20)17(13)3-29-31(23,24)25)8-7(5)11-12(8)16(22)18(15(11)21)4-30-32(26,27)28/h5-12H,1-4H2,(H2,23,24,25)(H2,26,27,28). The number of carbonyl (C=O) groups is 4. The molecule has 0 radical (unpaired) electrons. The normalized spacial score (nSPS) is 40.5. The summed E-state index contributed by atoms with van der Waals surface area (Å²) >= 11 is 0. The van der Waals surface area contributed by atoms with Crippen LogP contribution in [0.3, 0.4) is 0 Å². The Morgan fingerprint density at radius 1 is 0.656 bits per heavy atom. The average Bonchev–Trinajstić information content (AvgIpc) is 3.02. The highest BCUT2D eigenvalue weighted by Gasteiger charge is 2.75. The first-order valence-electron chi connectivity index (χ1n) is 9.92. The van der Waals surface area contributed by atoms with Gasteiger partial charge in [0, 0.05) is 0 Å². The zero-order valence-corrected chi connectivity index (χ0v) is 18.1. The molecule has 2 bridgehead atoms. The van der Waals surface area contributed by atoms with E-state index >= 15 is 0 Å². The van der Waals surface area contributed by atoms with E-state index in [9.17, 15) is 28.3 Å². The van der Waals surface area contributed by atoms with Crippen molar-refractivity contribution in [2.24, 2.45) is 47.3 Å². The van der Waals surface area contributed by atoms with Crippen LogP contribution in [0.2, 0.25) is 0 Å². The average molecular weight is 494 g/mol. The molecule has 4 N–H and O–H groups in total. The number of rotatable bonds is 6. The Bertz CT molecular complexity index is 962. The Morgan fingerprint density at radius 2 is 0.969 bits per heavy atom. The van der Waals surface area contributed by atoms with Crippen LogP contribution < -0.4 is 0 Å². The van der Waals surface area contributed by atoms with Crippen LogP contribution in [0, 0.1) is 47.3 Å². The molecule has 6 aliphatic rings. The number of amides is 4. The first kappa shape index (κ1) is 22.3. The molecule has 2 aliphatic heterocycles. The van der Waals surface area contributed by atoms with Crippen molar-refractivity contribution in [1.82, 2.24) is 9.80 Å². The first-order chi connectivity index (χ1) is 14.8. The van der Waals surface area contributed by atoms with Crippen LogP contribution in [0.1, 0.15) is 12.8 Å². The zero-order valence-electron chi connectivity index (χ0n) is 16.3. The van der Waals surface area contributed by atoms with Crippen molar-refractivity contribution in [2.75, 3.05) is 13.5 Å². The fourth-order valence-electron chi connectivity index (χ4n) is 6.82.